The van der Waals surface area contributed by atoms with Gasteiger partial charge >= 0.3 is 0 Å². The largest absolute Gasteiger partial charge is 0.490 e. The van der Waals surface area contributed by atoms with E-state index in [2.05, 4.69) is 122 Å². The molecule has 0 spiro atoms. The van der Waals surface area contributed by atoms with Crippen LogP contribution < -0.4 is 19.7 Å². The van der Waals surface area contributed by atoms with Gasteiger partial charge in [0, 0.05) is 35.1 Å². The Labute approximate surface area is 331 Å². The summed E-state index contributed by atoms with van der Waals surface area (Å²) in [4.78, 5) is 21.6. The minimum absolute atomic E-state index is 0.165. The first kappa shape index (κ1) is 35.0. The van der Waals surface area contributed by atoms with Crippen molar-refractivity contribution in [1.29, 1.82) is 0 Å². The number of benzene rings is 5. The number of amidine groups is 1. The number of rotatable bonds is 9. The summed E-state index contributed by atoms with van der Waals surface area (Å²) in [5.74, 6) is 1.74. The quantitative estimate of drug-likeness (QED) is 0.118. The lowest BCUT2D eigenvalue weighted by Gasteiger charge is -2.43. The number of halogens is 2. The molecule has 52 heavy (non-hydrogen) atoms. The van der Waals surface area contributed by atoms with Crippen LogP contribution in [0.1, 0.15) is 65.0 Å². The highest BCUT2D eigenvalue weighted by Crippen LogP contribution is 2.50. The van der Waals surface area contributed by atoms with Crippen molar-refractivity contribution < 1.29 is 14.3 Å². The topological polar surface area (TPSA) is 63.2 Å². The van der Waals surface area contributed by atoms with Crippen molar-refractivity contribution in [3.63, 3.8) is 0 Å². The maximum absolute atomic E-state index is 13.4. The highest BCUT2D eigenvalue weighted by molar-refractivity contribution is 14.1. The van der Waals surface area contributed by atoms with E-state index >= 15 is 0 Å². The van der Waals surface area contributed by atoms with Gasteiger partial charge in [-0.15, -0.1) is 0 Å². The van der Waals surface area contributed by atoms with E-state index in [-0.39, 0.29) is 17.7 Å². The minimum Gasteiger partial charge on any atom is -0.490 e. The fraction of sp³-hybridized carbons (Fsp3) is 0.209. The zero-order chi connectivity index (χ0) is 35.6. The Bertz CT molecular complexity index is 2100. The van der Waals surface area contributed by atoms with E-state index in [1.807, 2.05) is 49.4 Å². The minimum atomic E-state index is -0.165. The Morgan fingerprint density at radius 3 is 2.13 bits per heavy atom. The van der Waals surface area contributed by atoms with E-state index < -0.39 is 0 Å². The number of carbonyl (C=O) groups excluding carboxylic acids is 1. The lowest BCUT2D eigenvalue weighted by molar-refractivity contribution is -0.115. The van der Waals surface area contributed by atoms with Crippen LogP contribution in [-0.2, 0) is 11.4 Å². The molecule has 0 radical (unpaired) electrons. The molecule has 0 aliphatic carbocycles. The molecule has 6 nitrogen and oxygen atoms in total. The molecule has 9 heteroatoms. The molecular weight excluding hydrogens is 845 g/mol. The second-order valence-corrected chi connectivity index (χ2v) is 16.2. The van der Waals surface area contributed by atoms with Crippen LogP contribution in [0.4, 0.5) is 11.4 Å². The van der Waals surface area contributed by atoms with Gasteiger partial charge in [-0.05, 0) is 130 Å². The van der Waals surface area contributed by atoms with E-state index in [0.717, 1.165) is 50.8 Å². The van der Waals surface area contributed by atoms with Crippen molar-refractivity contribution in [1.82, 2.24) is 5.32 Å². The number of nitrogens with one attached hydrogen (secondary N) is 1. The van der Waals surface area contributed by atoms with Crippen molar-refractivity contribution in [2.24, 2.45) is 4.99 Å². The number of hydrogen-bond acceptors (Lipinski definition) is 6. The molecule has 3 aliphatic heterocycles. The van der Waals surface area contributed by atoms with Crippen molar-refractivity contribution in [3.8, 4) is 11.5 Å². The van der Waals surface area contributed by atoms with Gasteiger partial charge in [0.15, 0.2) is 16.7 Å². The maximum atomic E-state index is 13.4. The molecule has 1 fully saturated rings. The second kappa shape index (κ2) is 15.5. The Hall–Kier alpha value is -4.06. The number of nitrogens with zero attached hydrogens (tertiary/aromatic N) is 2. The Kier molecular flexibility index (Phi) is 10.4. The third kappa shape index (κ3) is 7.40. The van der Waals surface area contributed by atoms with Crippen LogP contribution in [-0.4, -0.2) is 30.8 Å². The first-order valence-electron chi connectivity index (χ1n) is 17.6. The van der Waals surface area contributed by atoms with Gasteiger partial charge in [0.2, 0.25) is 0 Å². The van der Waals surface area contributed by atoms with E-state index in [1.165, 1.54) is 39.7 Å². The van der Waals surface area contributed by atoms with Crippen LogP contribution in [0.3, 0.4) is 0 Å². The van der Waals surface area contributed by atoms with Gasteiger partial charge < -0.3 is 19.7 Å². The second-order valence-electron chi connectivity index (χ2n) is 13.1. The zero-order valence-corrected chi connectivity index (χ0v) is 33.2. The average Bonchev–Trinajstić information content (AvgIpc) is 3.50. The van der Waals surface area contributed by atoms with Crippen LogP contribution >= 0.6 is 50.3 Å². The van der Waals surface area contributed by atoms with Crippen molar-refractivity contribution >= 4 is 78.8 Å². The highest BCUT2D eigenvalue weighted by Gasteiger charge is 2.35. The molecule has 0 aromatic heterocycles. The Balaban J connectivity index is 1.11. The molecule has 8 rings (SSSR count). The summed E-state index contributed by atoms with van der Waals surface area (Å²) < 4.78 is 14.2. The van der Waals surface area contributed by atoms with Gasteiger partial charge in [-0.3, -0.25) is 4.79 Å². The highest BCUT2D eigenvalue weighted by atomic mass is 127. The number of hydrogen-bond donors (Lipinski definition) is 1. The molecule has 1 saturated heterocycles. The number of amides is 1. The SMILES string of the molecule is CCOc1cc(/C=C2\SC(=Nc3cc4c5c(c3)[C@H](c3ccccc3)CCN5CC[C@@H]4c3ccccc3)NC2=O)cc(I)c1OCc1ccc(Br)cc1. The summed E-state index contributed by atoms with van der Waals surface area (Å²) in [5, 5.41) is 3.62. The average molecular weight is 883 g/mol. The molecule has 1 amide bonds. The van der Waals surface area contributed by atoms with Gasteiger partial charge in [0.05, 0.1) is 20.8 Å². The van der Waals surface area contributed by atoms with Crippen LogP contribution in [0.25, 0.3) is 6.08 Å². The fourth-order valence-corrected chi connectivity index (χ4v) is 9.35. The van der Waals surface area contributed by atoms with Crippen LogP contribution in [0.15, 0.2) is 124 Å². The molecule has 262 valence electrons. The lowest BCUT2D eigenvalue weighted by Crippen LogP contribution is -2.37. The summed E-state index contributed by atoms with van der Waals surface area (Å²) in [7, 11) is 0. The lowest BCUT2D eigenvalue weighted by atomic mass is 9.76. The van der Waals surface area contributed by atoms with Crippen molar-refractivity contribution in [2.75, 3.05) is 24.6 Å². The molecule has 1 N–H and O–H groups in total. The molecule has 5 aromatic carbocycles. The number of thioether (sulfide) groups is 1. The molecule has 3 aliphatic rings. The Morgan fingerprint density at radius 2 is 1.52 bits per heavy atom. The van der Waals surface area contributed by atoms with Crippen molar-refractivity contribution in [3.05, 3.63) is 156 Å². The van der Waals surface area contributed by atoms with Gasteiger partial charge in [-0.25, -0.2) is 4.99 Å². The van der Waals surface area contributed by atoms with Gasteiger partial charge in [0.25, 0.3) is 5.91 Å². The molecule has 0 unspecified atom stereocenters. The third-order valence-corrected chi connectivity index (χ3v) is 12.0. The number of aliphatic imine (C=N–C) groups is 1. The maximum Gasteiger partial charge on any atom is 0.264 e. The third-order valence-electron chi connectivity index (χ3n) is 9.81. The van der Waals surface area contributed by atoms with E-state index in [1.54, 1.807) is 0 Å². The molecule has 3 heterocycles. The van der Waals surface area contributed by atoms with Gasteiger partial charge in [0.1, 0.15) is 6.61 Å². The molecular formula is C43H37BrIN3O3S. The predicted octanol–water partition coefficient (Wildman–Crippen LogP) is 10.8. The van der Waals surface area contributed by atoms with E-state index in [4.69, 9.17) is 14.5 Å². The number of ether oxygens (including phenoxy) is 2. The molecule has 0 bridgehead atoms. The predicted molar refractivity (Wildman–Crippen MR) is 224 cm³/mol. The monoisotopic (exact) mass is 881 g/mol. The van der Waals surface area contributed by atoms with Crippen LogP contribution in [0.2, 0.25) is 0 Å². The first-order chi connectivity index (χ1) is 25.4. The smallest absolute Gasteiger partial charge is 0.264 e. The van der Waals surface area contributed by atoms with E-state index in [0.29, 0.717) is 34.8 Å². The van der Waals surface area contributed by atoms with Gasteiger partial charge in [-0.1, -0.05) is 88.7 Å². The summed E-state index contributed by atoms with van der Waals surface area (Å²) in [6.07, 6.45) is 4.01. The number of carbonyl (C=O) groups is 1. The summed E-state index contributed by atoms with van der Waals surface area (Å²) in [6, 6.07) is 38.2. The standard InChI is InChI=1S/C43H37BrIN3O3S/c1-2-50-38-22-28(21-37(45)41(38)51-26-27-13-15-31(44)16-14-27)23-39-42(49)47-43(52-39)46-32-24-35-33(29-9-5-3-6-10-29)17-19-48-20-18-34(36(25-32)40(35)48)30-11-7-4-8-12-30/h3-16,21-25,33-34H,2,17-20,26H2,1H3,(H,46,47,49)/b39-23-/t33-,34+. The van der Waals surface area contributed by atoms with Crippen molar-refractivity contribution in [2.45, 2.75) is 38.2 Å². The van der Waals surface area contributed by atoms with E-state index in [9.17, 15) is 4.79 Å². The Morgan fingerprint density at radius 1 is 0.885 bits per heavy atom. The van der Waals surface area contributed by atoms with Crippen LogP contribution in [0, 0.1) is 3.57 Å². The zero-order valence-electron chi connectivity index (χ0n) is 28.7. The normalized spacial score (nSPS) is 19.4. The molecule has 5 aromatic rings. The molecule has 0 saturated carbocycles. The fourth-order valence-electron chi connectivity index (χ4n) is 7.46. The van der Waals surface area contributed by atoms with Crippen LogP contribution in [0.5, 0.6) is 11.5 Å². The molecule has 2 atom stereocenters. The summed E-state index contributed by atoms with van der Waals surface area (Å²) in [5.41, 5.74) is 9.44. The summed E-state index contributed by atoms with van der Waals surface area (Å²) in [6.45, 7) is 4.95. The summed E-state index contributed by atoms with van der Waals surface area (Å²) >= 11 is 7.13. The number of anilines is 1. The first-order valence-corrected chi connectivity index (χ1v) is 20.3. The van der Waals surface area contributed by atoms with Gasteiger partial charge in [-0.2, -0.15) is 0 Å².